The number of phenolic OH excluding ortho intramolecular Hbond substituents is 1. The number of carbonyl (C=O) groups excluding carboxylic acids is 2. The summed E-state index contributed by atoms with van der Waals surface area (Å²) in [7, 11) is 0. The zero-order valence-corrected chi connectivity index (χ0v) is 37.2. The number of benzene rings is 2. The number of morpholine rings is 1. The van der Waals surface area contributed by atoms with E-state index in [0.717, 1.165) is 82.4 Å². The number of anilines is 1. The van der Waals surface area contributed by atoms with E-state index in [4.69, 9.17) is 14.2 Å². The van der Waals surface area contributed by atoms with Gasteiger partial charge in [-0.2, -0.15) is 0 Å². The van der Waals surface area contributed by atoms with Crippen LogP contribution in [0, 0.1) is 0 Å². The second kappa shape index (κ2) is 20.6. The first kappa shape index (κ1) is 44.6. The van der Waals surface area contributed by atoms with Crippen LogP contribution in [0.3, 0.4) is 0 Å². The summed E-state index contributed by atoms with van der Waals surface area (Å²) in [6, 6.07) is 14.0. The van der Waals surface area contributed by atoms with Gasteiger partial charge in [-0.1, -0.05) is 62.9 Å². The lowest BCUT2D eigenvalue weighted by atomic mass is 9.89. The monoisotopic (exact) mass is 871 g/mol. The number of hydrogen-bond donors (Lipinski definition) is 3. The lowest BCUT2D eigenvalue weighted by Gasteiger charge is -2.47. The predicted molar refractivity (Wildman–Crippen MR) is 239 cm³/mol. The molecule has 0 radical (unpaired) electrons. The van der Waals surface area contributed by atoms with Gasteiger partial charge in [-0.05, 0) is 80.2 Å². The van der Waals surface area contributed by atoms with Crippen molar-refractivity contribution >= 4 is 34.8 Å². The third-order valence-corrected chi connectivity index (χ3v) is 14.8. The van der Waals surface area contributed by atoms with Crippen LogP contribution in [0.15, 0.2) is 47.8 Å². The number of likely N-dealkylation sites (tertiary alicyclic amines) is 2. The van der Waals surface area contributed by atoms with Gasteiger partial charge < -0.3 is 34.6 Å². The number of phenols is 1. The molecule has 4 aliphatic heterocycles. The van der Waals surface area contributed by atoms with E-state index in [1.807, 2.05) is 16.3 Å². The number of aliphatic carboxylic acids is 1. The molecule has 5 heterocycles. The zero-order valence-electron chi connectivity index (χ0n) is 36.4. The van der Waals surface area contributed by atoms with Gasteiger partial charge in [0.1, 0.15) is 17.5 Å². The molecule has 1 unspecified atom stereocenters. The summed E-state index contributed by atoms with van der Waals surface area (Å²) in [6.45, 7) is 9.96. The lowest BCUT2D eigenvalue weighted by molar-refractivity contribution is -0.146. The SMILES string of the molecule is CCCc1cc(C(=O)N2CCOC3(CCN(Cc4cccc(CCOC5CCN(CCN(CCc6ccc(O)c7c6OCC(=O)N7)C6CCCCC6)[C@@H]5C(=O)O)c4)CC3)C2)cs1. The van der Waals surface area contributed by atoms with Crippen LogP contribution >= 0.6 is 11.3 Å². The molecule has 13 nitrogen and oxygen atoms in total. The number of thiophene rings is 1. The Labute approximate surface area is 370 Å². The van der Waals surface area contributed by atoms with E-state index < -0.39 is 12.0 Å². The minimum Gasteiger partial charge on any atom is -0.506 e. The third kappa shape index (κ3) is 10.8. The van der Waals surface area contributed by atoms with Crippen LogP contribution in [0.1, 0.15) is 96.6 Å². The minimum atomic E-state index is -0.835. The lowest BCUT2D eigenvalue weighted by Crippen LogP contribution is -2.57. The largest absolute Gasteiger partial charge is 0.506 e. The van der Waals surface area contributed by atoms with Crippen LogP contribution in [-0.4, -0.2) is 144 Å². The van der Waals surface area contributed by atoms with Crippen molar-refractivity contribution < 1.29 is 38.8 Å². The molecule has 3 aromatic rings. The molecule has 1 saturated carbocycles. The van der Waals surface area contributed by atoms with Crippen LogP contribution in [-0.2, 0) is 44.9 Å². The number of nitrogens with zero attached hydrogens (tertiary/aromatic N) is 4. The summed E-state index contributed by atoms with van der Waals surface area (Å²) >= 11 is 1.69. The minimum absolute atomic E-state index is 0.00352. The second-order valence-electron chi connectivity index (χ2n) is 18.0. The number of rotatable bonds is 17. The molecule has 14 heteroatoms. The Kier molecular flexibility index (Phi) is 14.8. The van der Waals surface area contributed by atoms with Crippen LogP contribution in [0.2, 0.25) is 0 Å². The molecule has 0 bridgehead atoms. The van der Waals surface area contributed by atoms with E-state index in [9.17, 15) is 24.6 Å². The quantitative estimate of drug-likeness (QED) is 0.133. The van der Waals surface area contributed by atoms with E-state index in [2.05, 4.69) is 57.3 Å². The summed E-state index contributed by atoms with van der Waals surface area (Å²) in [5.74, 6) is -0.456. The van der Waals surface area contributed by atoms with Crippen molar-refractivity contribution in [1.29, 1.82) is 0 Å². The predicted octanol–water partition coefficient (Wildman–Crippen LogP) is 6.21. The van der Waals surface area contributed by atoms with Gasteiger partial charge in [0, 0.05) is 68.7 Å². The van der Waals surface area contributed by atoms with Crippen molar-refractivity contribution in [2.24, 2.45) is 0 Å². The summed E-state index contributed by atoms with van der Waals surface area (Å²) in [5, 5.41) is 25.5. The Balaban J connectivity index is 0.800. The average Bonchev–Trinajstić information content (AvgIpc) is 3.93. The third-order valence-electron chi connectivity index (χ3n) is 13.8. The van der Waals surface area contributed by atoms with Gasteiger partial charge in [0.15, 0.2) is 12.4 Å². The van der Waals surface area contributed by atoms with Gasteiger partial charge in [0.2, 0.25) is 0 Å². The highest BCUT2D eigenvalue weighted by Crippen LogP contribution is 2.40. The Morgan fingerprint density at radius 2 is 1.81 bits per heavy atom. The fraction of sp³-hybridized carbons (Fsp3) is 0.604. The van der Waals surface area contributed by atoms with E-state index >= 15 is 0 Å². The van der Waals surface area contributed by atoms with Gasteiger partial charge in [0.05, 0.1) is 37.0 Å². The second-order valence-corrected chi connectivity index (χ2v) is 19.0. The maximum atomic E-state index is 13.4. The molecular formula is C48H65N5O8S. The van der Waals surface area contributed by atoms with E-state index in [0.29, 0.717) is 76.1 Å². The van der Waals surface area contributed by atoms with E-state index in [1.165, 1.54) is 35.3 Å². The van der Waals surface area contributed by atoms with Crippen molar-refractivity contribution in [1.82, 2.24) is 19.6 Å². The van der Waals surface area contributed by atoms with Gasteiger partial charge in [-0.3, -0.25) is 29.1 Å². The number of carboxylic acid groups (broad SMARTS) is 1. The summed E-state index contributed by atoms with van der Waals surface area (Å²) in [5.41, 5.74) is 4.24. The first-order valence-corrected chi connectivity index (χ1v) is 24.0. The Bertz CT molecular complexity index is 2010. The molecule has 3 saturated heterocycles. The number of aromatic hydroxyl groups is 1. The maximum absolute atomic E-state index is 13.4. The molecule has 336 valence electrons. The van der Waals surface area contributed by atoms with Crippen LogP contribution in [0.4, 0.5) is 5.69 Å². The number of amides is 2. The molecule has 1 aromatic heterocycles. The number of ether oxygens (including phenoxy) is 3. The first-order chi connectivity index (χ1) is 30.2. The molecule has 2 aromatic carbocycles. The standard InChI is InChI=1S/C48H65N5O8S/c1-2-7-39-29-37(32-62-39)46(56)53-25-27-61-48(33-53)17-21-50(22-18-48)30-35-9-6-8-34(28-35)16-26-59-41-15-20-52(44(41)47(57)58)24-23-51(38-10-4-3-5-11-38)19-14-36-12-13-40(54)43-45(36)60-31-42(55)49-43/h6,8-9,12-13,28-29,32,38,41,44,54H,2-5,7,10-11,14-27,30-31,33H2,1H3,(H,49,55)(H,57,58)/t41?,44-/m0/s1. The molecule has 5 aliphatic rings. The fourth-order valence-corrected chi connectivity index (χ4v) is 11.3. The van der Waals surface area contributed by atoms with Gasteiger partial charge >= 0.3 is 5.97 Å². The molecule has 3 N–H and O–H groups in total. The van der Waals surface area contributed by atoms with Crippen molar-refractivity contribution in [3.63, 3.8) is 0 Å². The maximum Gasteiger partial charge on any atom is 0.323 e. The smallest absolute Gasteiger partial charge is 0.323 e. The Morgan fingerprint density at radius 3 is 2.61 bits per heavy atom. The molecule has 62 heavy (non-hydrogen) atoms. The number of piperidine rings is 1. The van der Waals surface area contributed by atoms with Crippen molar-refractivity contribution in [3.8, 4) is 11.5 Å². The van der Waals surface area contributed by atoms with E-state index in [-0.39, 0.29) is 35.9 Å². The number of nitrogens with one attached hydrogen (secondary N) is 1. The summed E-state index contributed by atoms with van der Waals surface area (Å²) in [4.78, 5) is 48.4. The number of hydrogen-bond acceptors (Lipinski definition) is 11. The Morgan fingerprint density at radius 1 is 0.984 bits per heavy atom. The van der Waals surface area contributed by atoms with Gasteiger partial charge in [-0.15, -0.1) is 11.3 Å². The highest BCUT2D eigenvalue weighted by atomic mass is 32.1. The summed E-state index contributed by atoms with van der Waals surface area (Å²) in [6.07, 6.45) is 11.5. The Hall–Kier alpha value is -4.05. The highest BCUT2D eigenvalue weighted by molar-refractivity contribution is 7.10. The number of carbonyl (C=O) groups is 3. The normalized spacial score (nSPS) is 22.2. The molecule has 4 fully saturated rings. The topological polar surface area (TPSA) is 144 Å². The fourth-order valence-electron chi connectivity index (χ4n) is 10.4. The molecule has 1 aliphatic carbocycles. The number of fused-ring (bicyclic) bond motifs is 1. The van der Waals surface area contributed by atoms with Gasteiger partial charge in [-0.25, -0.2) is 0 Å². The zero-order chi connectivity index (χ0) is 43.1. The average molecular weight is 872 g/mol. The highest BCUT2D eigenvalue weighted by Gasteiger charge is 2.42. The first-order valence-electron chi connectivity index (χ1n) is 23.1. The van der Waals surface area contributed by atoms with Crippen LogP contribution in [0.25, 0.3) is 0 Å². The molecular weight excluding hydrogens is 807 g/mol. The van der Waals surface area contributed by atoms with Crippen molar-refractivity contribution in [2.75, 3.05) is 77.5 Å². The molecule has 2 atom stereocenters. The van der Waals surface area contributed by atoms with Crippen molar-refractivity contribution in [2.45, 2.75) is 114 Å². The van der Waals surface area contributed by atoms with Crippen molar-refractivity contribution in [3.05, 3.63) is 75.0 Å². The van der Waals surface area contributed by atoms with Crippen LogP contribution < -0.4 is 10.1 Å². The molecule has 8 rings (SSSR count). The van der Waals surface area contributed by atoms with Crippen LogP contribution in [0.5, 0.6) is 11.5 Å². The van der Waals surface area contributed by atoms with Gasteiger partial charge in [0.25, 0.3) is 11.8 Å². The molecule has 1 spiro atoms. The number of carboxylic acids is 1. The summed E-state index contributed by atoms with van der Waals surface area (Å²) < 4.78 is 18.5. The molecule has 2 amide bonds. The number of aryl methyl sites for hydroxylation is 1. The van der Waals surface area contributed by atoms with E-state index in [1.54, 1.807) is 17.4 Å².